The number of nitrogens with one attached hydrogen (secondary N) is 2. The average Bonchev–Trinajstić information content (AvgIpc) is 2.28. The molecule has 19 heavy (non-hydrogen) atoms. The molecule has 0 bridgehead atoms. The van der Waals surface area contributed by atoms with Crippen molar-refractivity contribution >= 4 is 24.0 Å². The lowest BCUT2D eigenvalue weighted by Crippen LogP contribution is -2.53. The van der Waals surface area contributed by atoms with Gasteiger partial charge in [0.05, 0.1) is 6.04 Å². The molecule has 1 aromatic rings. The van der Waals surface area contributed by atoms with E-state index in [-0.39, 0.29) is 29.8 Å². The highest BCUT2D eigenvalue weighted by molar-refractivity contribution is 5.95. The summed E-state index contributed by atoms with van der Waals surface area (Å²) in [5, 5.41) is 6.28. The fourth-order valence-corrected chi connectivity index (χ4v) is 2.50. The molecule has 106 valence electrons. The van der Waals surface area contributed by atoms with Crippen LogP contribution in [0.1, 0.15) is 32.4 Å². The third-order valence-electron chi connectivity index (χ3n) is 3.55. The van der Waals surface area contributed by atoms with Crippen LogP contribution in [0.15, 0.2) is 18.3 Å². The van der Waals surface area contributed by atoms with Gasteiger partial charge in [-0.15, -0.1) is 12.4 Å². The SMILES string of the molecule is Cc1cc(NC(=O)C2NCCCC2(C)C)ccn1.Cl. The molecule has 5 heteroatoms. The van der Waals surface area contributed by atoms with E-state index in [9.17, 15) is 4.79 Å². The van der Waals surface area contributed by atoms with Gasteiger partial charge in [0, 0.05) is 17.6 Å². The zero-order chi connectivity index (χ0) is 13.2. The molecule has 0 aliphatic carbocycles. The molecule has 2 rings (SSSR count). The van der Waals surface area contributed by atoms with E-state index in [2.05, 4.69) is 29.5 Å². The van der Waals surface area contributed by atoms with Crippen molar-refractivity contribution in [2.75, 3.05) is 11.9 Å². The minimum Gasteiger partial charge on any atom is -0.325 e. The highest BCUT2D eigenvalue weighted by Gasteiger charge is 2.36. The number of halogens is 1. The zero-order valence-electron chi connectivity index (χ0n) is 11.7. The first-order valence-electron chi connectivity index (χ1n) is 6.46. The van der Waals surface area contributed by atoms with Crippen molar-refractivity contribution in [2.45, 2.75) is 39.7 Å². The molecular formula is C14H22ClN3O. The van der Waals surface area contributed by atoms with Crippen LogP contribution in [0.3, 0.4) is 0 Å². The second kappa shape index (κ2) is 6.35. The normalized spacial score (nSPS) is 21.3. The molecule has 1 saturated heterocycles. The molecule has 2 N–H and O–H groups in total. The van der Waals surface area contributed by atoms with Crippen LogP contribution in [0.2, 0.25) is 0 Å². The Morgan fingerprint density at radius 2 is 2.26 bits per heavy atom. The van der Waals surface area contributed by atoms with Crippen molar-refractivity contribution in [1.82, 2.24) is 10.3 Å². The van der Waals surface area contributed by atoms with E-state index in [0.29, 0.717) is 0 Å². The van der Waals surface area contributed by atoms with Gasteiger partial charge in [-0.3, -0.25) is 9.78 Å². The lowest BCUT2D eigenvalue weighted by atomic mass is 9.77. The van der Waals surface area contributed by atoms with Crippen molar-refractivity contribution in [1.29, 1.82) is 0 Å². The number of rotatable bonds is 2. The van der Waals surface area contributed by atoms with E-state index in [1.807, 2.05) is 19.1 Å². The van der Waals surface area contributed by atoms with Gasteiger partial charge in [-0.2, -0.15) is 0 Å². The molecule has 1 aliphatic rings. The minimum atomic E-state index is -0.125. The lowest BCUT2D eigenvalue weighted by Gasteiger charge is -2.38. The smallest absolute Gasteiger partial charge is 0.242 e. The summed E-state index contributed by atoms with van der Waals surface area (Å²) in [5.74, 6) is 0.0466. The fourth-order valence-electron chi connectivity index (χ4n) is 2.50. The largest absolute Gasteiger partial charge is 0.325 e. The van der Waals surface area contributed by atoms with Crippen LogP contribution >= 0.6 is 12.4 Å². The minimum absolute atomic E-state index is 0. The first-order chi connectivity index (χ1) is 8.49. The molecule has 1 atom stereocenters. The second-order valence-corrected chi connectivity index (χ2v) is 5.65. The molecule has 0 saturated carbocycles. The average molecular weight is 284 g/mol. The molecule has 1 aromatic heterocycles. The number of anilines is 1. The van der Waals surface area contributed by atoms with Crippen LogP contribution in [0.5, 0.6) is 0 Å². The molecule has 0 aromatic carbocycles. The van der Waals surface area contributed by atoms with Gasteiger partial charge in [0.25, 0.3) is 0 Å². The van der Waals surface area contributed by atoms with Crippen molar-refractivity contribution in [2.24, 2.45) is 5.41 Å². The molecule has 0 spiro atoms. The summed E-state index contributed by atoms with van der Waals surface area (Å²) in [6, 6.07) is 3.58. The number of amides is 1. The number of piperidine rings is 1. The number of nitrogens with zero attached hydrogens (tertiary/aromatic N) is 1. The van der Waals surface area contributed by atoms with E-state index < -0.39 is 0 Å². The van der Waals surface area contributed by atoms with Gasteiger partial charge < -0.3 is 10.6 Å². The Labute approximate surface area is 120 Å². The monoisotopic (exact) mass is 283 g/mol. The lowest BCUT2D eigenvalue weighted by molar-refractivity contribution is -0.121. The maximum atomic E-state index is 12.3. The third-order valence-corrected chi connectivity index (χ3v) is 3.55. The summed E-state index contributed by atoms with van der Waals surface area (Å²) in [5.41, 5.74) is 1.73. The Hall–Kier alpha value is -1.13. The van der Waals surface area contributed by atoms with E-state index in [1.165, 1.54) is 0 Å². The van der Waals surface area contributed by atoms with Crippen LogP contribution in [0, 0.1) is 12.3 Å². The Morgan fingerprint density at radius 1 is 1.53 bits per heavy atom. The van der Waals surface area contributed by atoms with E-state index >= 15 is 0 Å². The standard InChI is InChI=1S/C14H21N3O.ClH/c1-10-9-11(5-8-15-10)17-13(18)12-14(2,3)6-4-7-16-12;/h5,8-9,12,16H,4,6-7H2,1-3H3,(H,15,17,18);1H. The van der Waals surface area contributed by atoms with Crippen LogP contribution in [0.4, 0.5) is 5.69 Å². The maximum absolute atomic E-state index is 12.3. The van der Waals surface area contributed by atoms with Gasteiger partial charge in [0.1, 0.15) is 0 Å². The predicted molar refractivity (Wildman–Crippen MR) is 79.7 cm³/mol. The number of hydrogen-bond acceptors (Lipinski definition) is 3. The summed E-state index contributed by atoms with van der Waals surface area (Å²) in [6.07, 6.45) is 3.92. The number of pyridine rings is 1. The van der Waals surface area contributed by atoms with Crippen LogP contribution in [-0.2, 0) is 4.79 Å². The van der Waals surface area contributed by atoms with Crippen LogP contribution < -0.4 is 10.6 Å². The number of carbonyl (C=O) groups excluding carboxylic acids is 1. The quantitative estimate of drug-likeness (QED) is 0.877. The van der Waals surface area contributed by atoms with Gasteiger partial charge in [0.2, 0.25) is 5.91 Å². The first-order valence-corrected chi connectivity index (χ1v) is 6.46. The summed E-state index contributed by atoms with van der Waals surface area (Å²) >= 11 is 0. The Kier molecular flexibility index (Phi) is 5.32. The van der Waals surface area contributed by atoms with Gasteiger partial charge in [-0.25, -0.2) is 0 Å². The Bertz CT molecular complexity index is 448. The van der Waals surface area contributed by atoms with Gasteiger partial charge in [-0.1, -0.05) is 13.8 Å². The van der Waals surface area contributed by atoms with Gasteiger partial charge >= 0.3 is 0 Å². The molecule has 2 heterocycles. The van der Waals surface area contributed by atoms with Crippen molar-refractivity contribution in [3.8, 4) is 0 Å². The van der Waals surface area contributed by atoms with Gasteiger partial charge in [0.15, 0.2) is 0 Å². The predicted octanol–water partition coefficient (Wildman–Crippen LogP) is 2.53. The molecule has 4 nitrogen and oxygen atoms in total. The molecule has 1 amide bonds. The highest BCUT2D eigenvalue weighted by atomic mass is 35.5. The van der Waals surface area contributed by atoms with Crippen molar-refractivity contribution in [3.63, 3.8) is 0 Å². The first kappa shape index (κ1) is 15.9. The summed E-state index contributed by atoms with van der Waals surface area (Å²) in [6.45, 7) is 7.11. The molecule has 1 unspecified atom stereocenters. The third kappa shape index (κ3) is 3.91. The topological polar surface area (TPSA) is 54.0 Å². The van der Waals surface area contributed by atoms with E-state index in [1.54, 1.807) is 6.20 Å². The number of hydrogen-bond donors (Lipinski definition) is 2. The Morgan fingerprint density at radius 3 is 2.89 bits per heavy atom. The molecule has 1 fully saturated rings. The zero-order valence-corrected chi connectivity index (χ0v) is 12.5. The number of aryl methyl sites for hydroxylation is 1. The Balaban J connectivity index is 0.00000180. The summed E-state index contributed by atoms with van der Waals surface area (Å²) < 4.78 is 0. The highest BCUT2D eigenvalue weighted by Crippen LogP contribution is 2.30. The molecule has 1 aliphatic heterocycles. The van der Waals surface area contributed by atoms with Crippen molar-refractivity contribution in [3.05, 3.63) is 24.0 Å². The van der Waals surface area contributed by atoms with E-state index in [4.69, 9.17) is 0 Å². The van der Waals surface area contributed by atoms with Crippen LogP contribution in [-0.4, -0.2) is 23.5 Å². The van der Waals surface area contributed by atoms with Gasteiger partial charge in [-0.05, 0) is 43.9 Å². The van der Waals surface area contributed by atoms with Crippen molar-refractivity contribution < 1.29 is 4.79 Å². The molecular weight excluding hydrogens is 262 g/mol. The summed E-state index contributed by atoms with van der Waals surface area (Å²) in [7, 11) is 0. The second-order valence-electron chi connectivity index (χ2n) is 5.65. The fraction of sp³-hybridized carbons (Fsp3) is 0.571. The molecule has 0 radical (unpaired) electrons. The van der Waals surface area contributed by atoms with Crippen LogP contribution in [0.25, 0.3) is 0 Å². The number of aromatic nitrogens is 1. The maximum Gasteiger partial charge on any atom is 0.242 e. The summed E-state index contributed by atoms with van der Waals surface area (Å²) in [4.78, 5) is 16.4. The van der Waals surface area contributed by atoms with E-state index in [0.717, 1.165) is 30.8 Å². The number of carbonyl (C=O) groups is 1.